The van der Waals surface area contributed by atoms with Crippen molar-refractivity contribution in [2.24, 2.45) is 5.10 Å². The van der Waals surface area contributed by atoms with Crippen molar-refractivity contribution in [1.82, 2.24) is 4.98 Å². The summed E-state index contributed by atoms with van der Waals surface area (Å²) in [6.07, 6.45) is 1.64. The van der Waals surface area contributed by atoms with Crippen molar-refractivity contribution in [3.05, 3.63) is 41.3 Å². The highest BCUT2D eigenvalue weighted by molar-refractivity contribution is 7.14. The summed E-state index contributed by atoms with van der Waals surface area (Å²) < 4.78 is 26.7. The molecule has 1 aromatic heterocycles. The SMILES string of the molecule is COc1cc(OC)c(OC)cc1/C=N\Nc1nc(-c2ccc(OC)c(OC)c2)cs1. The second kappa shape index (κ2) is 9.84. The number of hydrogen-bond acceptors (Lipinski definition) is 9. The lowest BCUT2D eigenvalue weighted by atomic mass is 10.1. The molecule has 158 valence electrons. The summed E-state index contributed by atoms with van der Waals surface area (Å²) in [4.78, 5) is 4.57. The van der Waals surface area contributed by atoms with Crippen LogP contribution in [0.2, 0.25) is 0 Å². The third-order valence-electron chi connectivity index (χ3n) is 4.28. The van der Waals surface area contributed by atoms with E-state index in [4.69, 9.17) is 23.7 Å². The van der Waals surface area contributed by atoms with Crippen LogP contribution in [0.5, 0.6) is 28.7 Å². The molecule has 0 saturated heterocycles. The molecule has 9 heteroatoms. The molecule has 1 N–H and O–H groups in total. The average Bonchev–Trinajstić information content (AvgIpc) is 3.27. The first-order chi connectivity index (χ1) is 14.6. The summed E-state index contributed by atoms with van der Waals surface area (Å²) in [6, 6.07) is 9.20. The Hall–Kier alpha value is -3.46. The molecule has 0 amide bonds. The first-order valence-corrected chi connectivity index (χ1v) is 9.78. The Morgan fingerprint density at radius 3 is 2.10 bits per heavy atom. The average molecular weight is 429 g/mol. The predicted molar refractivity (Wildman–Crippen MR) is 118 cm³/mol. The molecule has 1 heterocycles. The lowest BCUT2D eigenvalue weighted by Gasteiger charge is -2.11. The van der Waals surface area contributed by atoms with Gasteiger partial charge in [0.15, 0.2) is 23.0 Å². The number of thiazole rings is 1. The van der Waals surface area contributed by atoms with Crippen LogP contribution in [0.3, 0.4) is 0 Å². The molecule has 8 nitrogen and oxygen atoms in total. The van der Waals surface area contributed by atoms with Crippen LogP contribution in [0, 0.1) is 0 Å². The van der Waals surface area contributed by atoms with Gasteiger partial charge in [0, 0.05) is 22.6 Å². The molecular weight excluding hydrogens is 406 g/mol. The van der Waals surface area contributed by atoms with E-state index in [0.717, 1.165) is 16.8 Å². The fraction of sp³-hybridized carbons (Fsp3) is 0.238. The molecular formula is C21H23N3O5S. The summed E-state index contributed by atoms with van der Waals surface area (Å²) in [7, 11) is 7.95. The zero-order valence-corrected chi connectivity index (χ0v) is 18.2. The number of hydrogen-bond donors (Lipinski definition) is 1. The number of hydrazone groups is 1. The monoisotopic (exact) mass is 429 g/mol. The van der Waals surface area contributed by atoms with Gasteiger partial charge in [0.25, 0.3) is 0 Å². The third kappa shape index (κ3) is 4.57. The van der Waals surface area contributed by atoms with Crippen LogP contribution in [0.1, 0.15) is 5.56 Å². The van der Waals surface area contributed by atoms with Crippen LogP contribution in [0.25, 0.3) is 11.3 Å². The van der Waals surface area contributed by atoms with E-state index in [9.17, 15) is 0 Å². The van der Waals surface area contributed by atoms with Crippen molar-refractivity contribution < 1.29 is 23.7 Å². The number of rotatable bonds is 9. The Morgan fingerprint density at radius 1 is 0.800 bits per heavy atom. The van der Waals surface area contributed by atoms with Gasteiger partial charge in [0.05, 0.1) is 47.5 Å². The van der Waals surface area contributed by atoms with E-state index in [0.29, 0.717) is 33.9 Å². The Kier molecular flexibility index (Phi) is 6.97. The maximum Gasteiger partial charge on any atom is 0.203 e. The summed E-state index contributed by atoms with van der Waals surface area (Å²) in [5.74, 6) is 3.10. The summed E-state index contributed by atoms with van der Waals surface area (Å²) >= 11 is 1.44. The van der Waals surface area contributed by atoms with E-state index in [1.54, 1.807) is 53.9 Å². The number of anilines is 1. The molecule has 0 unspecified atom stereocenters. The first-order valence-electron chi connectivity index (χ1n) is 8.90. The van der Waals surface area contributed by atoms with Crippen LogP contribution >= 0.6 is 11.3 Å². The van der Waals surface area contributed by atoms with Gasteiger partial charge in [0.1, 0.15) is 5.75 Å². The van der Waals surface area contributed by atoms with E-state index in [1.165, 1.54) is 11.3 Å². The summed E-state index contributed by atoms with van der Waals surface area (Å²) in [5, 5.41) is 6.86. The number of nitrogens with zero attached hydrogens (tertiary/aromatic N) is 2. The molecule has 0 bridgehead atoms. The van der Waals surface area contributed by atoms with Crippen LogP contribution in [0.15, 0.2) is 40.8 Å². The van der Waals surface area contributed by atoms with E-state index >= 15 is 0 Å². The minimum absolute atomic E-state index is 0.582. The van der Waals surface area contributed by atoms with Crippen LogP contribution in [-0.4, -0.2) is 46.7 Å². The quantitative estimate of drug-likeness (QED) is 0.401. The molecule has 0 fully saturated rings. The van der Waals surface area contributed by atoms with Gasteiger partial charge in [-0.2, -0.15) is 5.10 Å². The molecule has 3 rings (SSSR count). The van der Waals surface area contributed by atoms with Gasteiger partial charge in [-0.1, -0.05) is 0 Å². The van der Waals surface area contributed by atoms with E-state index in [-0.39, 0.29) is 0 Å². The standard InChI is InChI=1S/C21H23N3O5S/c1-25-16-7-6-13(8-18(16)27-3)15-12-30-21(23-15)24-22-11-14-9-19(28-4)20(29-5)10-17(14)26-2/h6-12H,1-5H3,(H,23,24)/b22-11-. The number of aromatic nitrogens is 1. The van der Waals surface area contributed by atoms with Gasteiger partial charge < -0.3 is 23.7 Å². The number of ether oxygens (including phenoxy) is 5. The summed E-state index contributed by atoms with van der Waals surface area (Å²) in [5.41, 5.74) is 5.41. The molecule has 0 saturated carbocycles. The maximum atomic E-state index is 5.40. The zero-order chi connectivity index (χ0) is 21.5. The predicted octanol–water partition coefficient (Wildman–Crippen LogP) is 4.30. The van der Waals surface area contributed by atoms with Crippen LogP contribution in [0.4, 0.5) is 5.13 Å². The van der Waals surface area contributed by atoms with Crippen molar-refractivity contribution in [2.75, 3.05) is 41.0 Å². The van der Waals surface area contributed by atoms with Crippen molar-refractivity contribution in [3.63, 3.8) is 0 Å². The van der Waals surface area contributed by atoms with E-state index < -0.39 is 0 Å². The van der Waals surface area contributed by atoms with Crippen molar-refractivity contribution in [1.29, 1.82) is 0 Å². The van der Waals surface area contributed by atoms with Crippen LogP contribution in [-0.2, 0) is 0 Å². The number of nitrogens with one attached hydrogen (secondary N) is 1. The molecule has 3 aromatic rings. The van der Waals surface area contributed by atoms with Gasteiger partial charge >= 0.3 is 0 Å². The maximum absolute atomic E-state index is 5.40. The fourth-order valence-corrected chi connectivity index (χ4v) is 3.43. The van der Waals surface area contributed by atoms with Gasteiger partial charge in [-0.25, -0.2) is 4.98 Å². The highest BCUT2D eigenvalue weighted by Gasteiger charge is 2.11. The third-order valence-corrected chi connectivity index (χ3v) is 5.03. The molecule has 0 aliphatic carbocycles. The first kappa shape index (κ1) is 21.3. The second-order valence-corrected chi connectivity index (χ2v) is 6.78. The fourth-order valence-electron chi connectivity index (χ4n) is 2.76. The smallest absolute Gasteiger partial charge is 0.203 e. The second-order valence-electron chi connectivity index (χ2n) is 5.93. The molecule has 0 radical (unpaired) electrons. The van der Waals surface area contributed by atoms with Gasteiger partial charge in [-0.15, -0.1) is 11.3 Å². The molecule has 0 spiro atoms. The molecule has 30 heavy (non-hydrogen) atoms. The summed E-state index contributed by atoms with van der Waals surface area (Å²) in [6.45, 7) is 0. The Morgan fingerprint density at radius 2 is 1.43 bits per heavy atom. The largest absolute Gasteiger partial charge is 0.496 e. The van der Waals surface area contributed by atoms with Crippen molar-refractivity contribution in [3.8, 4) is 40.0 Å². The minimum Gasteiger partial charge on any atom is -0.496 e. The Bertz CT molecular complexity index is 1040. The van der Waals surface area contributed by atoms with Gasteiger partial charge in [-0.3, -0.25) is 5.43 Å². The van der Waals surface area contributed by atoms with Gasteiger partial charge in [0.2, 0.25) is 5.13 Å². The molecule has 0 atom stereocenters. The van der Waals surface area contributed by atoms with E-state index in [1.807, 2.05) is 23.6 Å². The van der Waals surface area contributed by atoms with Crippen molar-refractivity contribution >= 4 is 22.7 Å². The molecule has 0 aliphatic heterocycles. The molecule has 0 aliphatic rings. The van der Waals surface area contributed by atoms with Gasteiger partial charge in [-0.05, 0) is 24.3 Å². The number of methoxy groups -OCH3 is 5. The lowest BCUT2D eigenvalue weighted by molar-refractivity contribution is 0.349. The highest BCUT2D eigenvalue weighted by atomic mass is 32.1. The van der Waals surface area contributed by atoms with Crippen LogP contribution < -0.4 is 29.1 Å². The van der Waals surface area contributed by atoms with E-state index in [2.05, 4.69) is 15.5 Å². The highest BCUT2D eigenvalue weighted by Crippen LogP contribution is 2.35. The number of benzene rings is 2. The topological polar surface area (TPSA) is 83.4 Å². The lowest BCUT2D eigenvalue weighted by Crippen LogP contribution is -1.98. The van der Waals surface area contributed by atoms with Crippen molar-refractivity contribution in [2.45, 2.75) is 0 Å². The minimum atomic E-state index is 0.582. The molecule has 2 aromatic carbocycles. The zero-order valence-electron chi connectivity index (χ0n) is 17.4. The Balaban J connectivity index is 1.77. The normalized spacial score (nSPS) is 10.7. The Labute approximate surface area is 179 Å².